The zero-order chi connectivity index (χ0) is 20.4. The SMILES string of the molecule is Cc1sc(NC(=O)CCCN2C(=O)c3ccccc3C2=O)nc1-c1ccccc1. The highest BCUT2D eigenvalue weighted by molar-refractivity contribution is 7.16. The van der Waals surface area contributed by atoms with Crippen LogP contribution >= 0.6 is 11.3 Å². The van der Waals surface area contributed by atoms with Crippen LogP contribution in [0.1, 0.15) is 38.4 Å². The van der Waals surface area contributed by atoms with E-state index in [0.717, 1.165) is 16.1 Å². The monoisotopic (exact) mass is 405 g/mol. The van der Waals surface area contributed by atoms with Crippen LogP contribution in [-0.2, 0) is 4.79 Å². The normalized spacial score (nSPS) is 12.9. The fraction of sp³-hybridized carbons (Fsp3) is 0.182. The van der Waals surface area contributed by atoms with Crippen LogP contribution in [-0.4, -0.2) is 34.2 Å². The second-order valence-electron chi connectivity index (χ2n) is 6.75. The lowest BCUT2D eigenvalue weighted by atomic mass is 10.1. The lowest BCUT2D eigenvalue weighted by molar-refractivity contribution is -0.116. The molecule has 29 heavy (non-hydrogen) atoms. The topological polar surface area (TPSA) is 79.4 Å². The van der Waals surface area contributed by atoms with E-state index < -0.39 is 0 Å². The van der Waals surface area contributed by atoms with E-state index in [1.54, 1.807) is 24.3 Å². The molecule has 0 aliphatic carbocycles. The molecule has 1 aromatic heterocycles. The van der Waals surface area contributed by atoms with Crippen molar-refractivity contribution in [2.24, 2.45) is 0 Å². The van der Waals surface area contributed by atoms with Gasteiger partial charge in [0.05, 0.1) is 16.8 Å². The van der Waals surface area contributed by atoms with E-state index in [1.165, 1.54) is 16.2 Å². The summed E-state index contributed by atoms with van der Waals surface area (Å²) in [7, 11) is 0. The number of nitrogens with one attached hydrogen (secondary N) is 1. The summed E-state index contributed by atoms with van der Waals surface area (Å²) in [6.07, 6.45) is 0.597. The lowest BCUT2D eigenvalue weighted by Crippen LogP contribution is -2.31. The number of amides is 3. The fourth-order valence-electron chi connectivity index (χ4n) is 3.34. The number of carbonyl (C=O) groups is 3. The summed E-state index contributed by atoms with van der Waals surface area (Å²) in [5.74, 6) is -0.780. The van der Waals surface area contributed by atoms with Gasteiger partial charge in [0.15, 0.2) is 5.13 Å². The van der Waals surface area contributed by atoms with Crippen molar-refractivity contribution in [3.8, 4) is 11.3 Å². The van der Waals surface area contributed by atoms with E-state index in [-0.39, 0.29) is 30.7 Å². The molecule has 0 radical (unpaired) electrons. The lowest BCUT2D eigenvalue weighted by Gasteiger charge is -2.13. The molecule has 2 heterocycles. The van der Waals surface area contributed by atoms with E-state index in [0.29, 0.717) is 22.7 Å². The van der Waals surface area contributed by atoms with Crippen LogP contribution in [0.2, 0.25) is 0 Å². The van der Waals surface area contributed by atoms with E-state index >= 15 is 0 Å². The number of nitrogens with zero attached hydrogens (tertiary/aromatic N) is 2. The fourth-order valence-corrected chi connectivity index (χ4v) is 4.19. The molecule has 1 aliphatic rings. The molecule has 4 rings (SSSR count). The second-order valence-corrected chi connectivity index (χ2v) is 7.95. The van der Waals surface area contributed by atoms with Gasteiger partial charge in [-0.2, -0.15) is 0 Å². The maximum Gasteiger partial charge on any atom is 0.261 e. The third-order valence-corrected chi connectivity index (χ3v) is 5.64. The molecule has 6 nitrogen and oxygen atoms in total. The van der Waals surface area contributed by atoms with Crippen molar-refractivity contribution < 1.29 is 14.4 Å². The summed E-state index contributed by atoms with van der Waals surface area (Å²) < 4.78 is 0. The molecular weight excluding hydrogens is 386 g/mol. The van der Waals surface area contributed by atoms with Crippen LogP contribution in [0.15, 0.2) is 54.6 Å². The number of aryl methyl sites for hydroxylation is 1. The first kappa shape index (κ1) is 19.0. The zero-order valence-corrected chi connectivity index (χ0v) is 16.7. The number of hydrogen-bond acceptors (Lipinski definition) is 5. The Kier molecular flexibility index (Phi) is 5.22. The van der Waals surface area contributed by atoms with Gasteiger partial charge in [0, 0.05) is 23.4 Å². The molecule has 7 heteroatoms. The van der Waals surface area contributed by atoms with Crippen LogP contribution < -0.4 is 5.32 Å². The number of carbonyl (C=O) groups excluding carboxylic acids is 3. The minimum atomic E-state index is -0.297. The molecule has 1 aliphatic heterocycles. The number of thiazole rings is 1. The molecule has 0 unspecified atom stereocenters. The maximum atomic E-state index is 12.3. The molecule has 0 spiro atoms. The molecule has 0 saturated carbocycles. The van der Waals surface area contributed by atoms with Crippen LogP contribution in [0.5, 0.6) is 0 Å². The van der Waals surface area contributed by atoms with Gasteiger partial charge >= 0.3 is 0 Å². The van der Waals surface area contributed by atoms with E-state index in [9.17, 15) is 14.4 Å². The Morgan fingerprint density at radius 3 is 2.28 bits per heavy atom. The van der Waals surface area contributed by atoms with Gasteiger partial charge in [0.2, 0.25) is 5.91 Å². The number of fused-ring (bicyclic) bond motifs is 1. The van der Waals surface area contributed by atoms with Crippen molar-refractivity contribution in [1.82, 2.24) is 9.88 Å². The Morgan fingerprint density at radius 1 is 1.00 bits per heavy atom. The average Bonchev–Trinajstić information content (AvgIpc) is 3.21. The molecule has 2 aromatic carbocycles. The second kappa shape index (κ2) is 7.97. The first-order valence-electron chi connectivity index (χ1n) is 9.32. The first-order valence-corrected chi connectivity index (χ1v) is 10.1. The van der Waals surface area contributed by atoms with Crippen LogP contribution in [0.3, 0.4) is 0 Å². The molecule has 0 fully saturated rings. The van der Waals surface area contributed by atoms with Crippen molar-refractivity contribution in [3.05, 3.63) is 70.6 Å². The van der Waals surface area contributed by atoms with Gasteiger partial charge in [-0.25, -0.2) is 4.98 Å². The Labute approximate surface area is 172 Å². The summed E-state index contributed by atoms with van der Waals surface area (Å²) in [6, 6.07) is 16.6. The van der Waals surface area contributed by atoms with Crippen molar-refractivity contribution >= 4 is 34.2 Å². The Hall–Kier alpha value is -3.32. The van der Waals surface area contributed by atoms with Crippen LogP contribution in [0.4, 0.5) is 5.13 Å². The number of hydrogen-bond donors (Lipinski definition) is 1. The third kappa shape index (κ3) is 3.82. The maximum absolute atomic E-state index is 12.3. The van der Waals surface area contributed by atoms with Gasteiger partial charge in [-0.3, -0.25) is 19.3 Å². The quantitative estimate of drug-likeness (QED) is 0.625. The number of imide groups is 1. The molecule has 0 bridgehead atoms. The molecule has 3 amide bonds. The van der Waals surface area contributed by atoms with Crippen LogP contribution in [0, 0.1) is 6.92 Å². The average molecular weight is 405 g/mol. The molecule has 0 atom stereocenters. The highest BCUT2D eigenvalue weighted by Gasteiger charge is 2.34. The number of rotatable bonds is 6. The molecule has 0 saturated heterocycles. The van der Waals surface area contributed by atoms with Gasteiger partial charge in [0.1, 0.15) is 0 Å². The number of anilines is 1. The minimum absolute atomic E-state index is 0.185. The number of aromatic nitrogens is 1. The highest BCUT2D eigenvalue weighted by atomic mass is 32.1. The van der Waals surface area contributed by atoms with Gasteiger partial charge in [-0.1, -0.05) is 42.5 Å². The Bertz CT molecular complexity index is 1060. The summed E-state index contributed by atoms with van der Waals surface area (Å²) >= 11 is 1.43. The predicted molar refractivity (Wildman–Crippen MR) is 112 cm³/mol. The Balaban J connectivity index is 1.33. The molecule has 146 valence electrons. The van der Waals surface area contributed by atoms with Gasteiger partial charge < -0.3 is 5.32 Å². The minimum Gasteiger partial charge on any atom is -0.302 e. The van der Waals surface area contributed by atoms with Crippen molar-refractivity contribution in [3.63, 3.8) is 0 Å². The van der Waals surface area contributed by atoms with E-state index in [4.69, 9.17) is 0 Å². The summed E-state index contributed by atoms with van der Waals surface area (Å²) in [6.45, 7) is 2.18. The smallest absolute Gasteiger partial charge is 0.261 e. The van der Waals surface area contributed by atoms with Gasteiger partial charge in [0.25, 0.3) is 11.8 Å². The van der Waals surface area contributed by atoms with E-state index in [2.05, 4.69) is 10.3 Å². The third-order valence-electron chi connectivity index (χ3n) is 4.75. The number of benzene rings is 2. The summed E-state index contributed by atoms with van der Waals surface area (Å²) in [5.41, 5.74) is 2.71. The summed E-state index contributed by atoms with van der Waals surface area (Å²) in [5, 5.41) is 3.37. The van der Waals surface area contributed by atoms with Crippen molar-refractivity contribution in [2.45, 2.75) is 19.8 Å². The van der Waals surface area contributed by atoms with Crippen molar-refractivity contribution in [1.29, 1.82) is 0 Å². The van der Waals surface area contributed by atoms with Gasteiger partial charge in [-0.05, 0) is 25.5 Å². The van der Waals surface area contributed by atoms with Crippen LogP contribution in [0.25, 0.3) is 11.3 Å². The molecular formula is C22H19N3O3S. The predicted octanol–water partition coefficient (Wildman–Crippen LogP) is 4.13. The standard InChI is InChI=1S/C22H19N3O3S/c1-14-19(15-8-3-2-4-9-15)24-22(29-14)23-18(26)12-7-13-25-20(27)16-10-5-6-11-17(16)21(25)28/h2-6,8-11H,7,12-13H2,1H3,(H,23,24,26). The molecule has 1 N–H and O–H groups in total. The van der Waals surface area contributed by atoms with E-state index in [1.807, 2.05) is 37.3 Å². The van der Waals surface area contributed by atoms with Crippen molar-refractivity contribution in [2.75, 3.05) is 11.9 Å². The largest absolute Gasteiger partial charge is 0.302 e. The first-order chi connectivity index (χ1) is 14.0. The Morgan fingerprint density at radius 2 is 1.62 bits per heavy atom. The highest BCUT2D eigenvalue weighted by Crippen LogP contribution is 2.30. The zero-order valence-electron chi connectivity index (χ0n) is 15.8. The summed E-state index contributed by atoms with van der Waals surface area (Å²) in [4.78, 5) is 43.7. The molecule has 3 aromatic rings. The van der Waals surface area contributed by atoms with Gasteiger partial charge in [-0.15, -0.1) is 11.3 Å².